The summed E-state index contributed by atoms with van der Waals surface area (Å²) in [5, 5.41) is 19.9. The van der Waals surface area contributed by atoms with Crippen LogP contribution < -0.4 is 4.74 Å². The molecule has 0 aliphatic heterocycles. The Morgan fingerprint density at radius 2 is 2.08 bits per heavy atom. The van der Waals surface area contributed by atoms with Gasteiger partial charge in [0.15, 0.2) is 0 Å². The maximum absolute atomic E-state index is 12.6. The molecular weight excluding hydrogens is 321 g/mol. The average Bonchev–Trinajstić information content (AvgIpc) is 2.90. The highest BCUT2D eigenvalue weighted by atomic mass is 19.4. The van der Waals surface area contributed by atoms with Crippen molar-refractivity contribution in [3.63, 3.8) is 0 Å². The Labute approximate surface area is 139 Å². The number of hydrogen-bond acceptors (Lipinski definition) is 3. The first-order valence-electron chi connectivity index (χ1n) is 8.15. The zero-order valence-corrected chi connectivity index (χ0v) is 13.5. The number of hydrogen-bond donors (Lipinski definition) is 2. The molecule has 0 heterocycles. The Morgan fingerprint density at radius 1 is 1.33 bits per heavy atom. The van der Waals surface area contributed by atoms with Crippen molar-refractivity contribution in [1.82, 2.24) is 0 Å². The molecule has 24 heavy (non-hydrogen) atoms. The molecule has 3 nitrogen and oxygen atoms in total. The van der Waals surface area contributed by atoms with Gasteiger partial charge in [-0.25, -0.2) is 0 Å². The van der Waals surface area contributed by atoms with Crippen molar-refractivity contribution in [2.24, 2.45) is 11.8 Å². The van der Waals surface area contributed by atoms with Gasteiger partial charge in [-0.15, -0.1) is 0 Å². The van der Waals surface area contributed by atoms with E-state index in [4.69, 9.17) is 4.74 Å². The summed E-state index contributed by atoms with van der Waals surface area (Å²) in [5.41, 5.74) is -0.787. The lowest BCUT2D eigenvalue weighted by Gasteiger charge is -2.17. The zero-order chi connectivity index (χ0) is 17.7. The number of aliphatic hydroxyl groups is 2. The number of rotatable bonds is 6. The molecule has 2 N–H and O–H groups in total. The van der Waals surface area contributed by atoms with Crippen LogP contribution in [-0.4, -0.2) is 29.0 Å². The van der Waals surface area contributed by atoms with Crippen molar-refractivity contribution in [2.45, 2.75) is 44.6 Å². The fraction of sp³-hybridized carbons (Fsp3) is 0.556. The predicted molar refractivity (Wildman–Crippen MR) is 84.6 cm³/mol. The Bertz CT molecular complexity index is 557. The molecule has 0 amide bonds. The molecule has 0 unspecified atom stereocenters. The quantitative estimate of drug-likeness (QED) is 0.772. The van der Waals surface area contributed by atoms with Crippen molar-refractivity contribution < 1.29 is 28.1 Å². The molecule has 0 saturated heterocycles. The lowest BCUT2D eigenvalue weighted by molar-refractivity contribution is -0.137. The molecule has 1 aliphatic carbocycles. The van der Waals surface area contributed by atoms with Crippen LogP contribution in [0.3, 0.4) is 0 Å². The van der Waals surface area contributed by atoms with E-state index in [9.17, 15) is 23.4 Å². The van der Waals surface area contributed by atoms with Gasteiger partial charge in [-0.3, -0.25) is 0 Å². The summed E-state index contributed by atoms with van der Waals surface area (Å²) in [6.45, 7) is 1.92. The van der Waals surface area contributed by atoms with E-state index in [2.05, 4.69) is 6.92 Å². The molecule has 1 saturated carbocycles. The van der Waals surface area contributed by atoms with Gasteiger partial charge in [-0.1, -0.05) is 31.6 Å². The van der Waals surface area contributed by atoms with Gasteiger partial charge < -0.3 is 14.9 Å². The first-order valence-corrected chi connectivity index (χ1v) is 8.15. The van der Waals surface area contributed by atoms with Crippen molar-refractivity contribution in [1.29, 1.82) is 0 Å². The van der Waals surface area contributed by atoms with Gasteiger partial charge in [-0.05, 0) is 37.0 Å². The number of alkyl halides is 3. The summed E-state index contributed by atoms with van der Waals surface area (Å²) >= 11 is 0. The minimum atomic E-state index is -4.42. The molecule has 1 aromatic rings. The van der Waals surface area contributed by atoms with Gasteiger partial charge in [0, 0.05) is 5.92 Å². The fourth-order valence-electron chi connectivity index (χ4n) is 3.10. The smallest absolute Gasteiger partial charge is 0.416 e. The maximum Gasteiger partial charge on any atom is 0.416 e. The van der Waals surface area contributed by atoms with E-state index in [1.54, 1.807) is 12.2 Å². The van der Waals surface area contributed by atoms with Gasteiger partial charge in [-0.2, -0.15) is 13.2 Å². The Kier molecular flexibility index (Phi) is 6.29. The van der Waals surface area contributed by atoms with Crippen molar-refractivity contribution in [3.8, 4) is 5.75 Å². The summed E-state index contributed by atoms with van der Waals surface area (Å²) in [6.07, 6.45) is 0.261. The molecular formula is C18H23F3O3. The van der Waals surface area contributed by atoms with Crippen molar-refractivity contribution in [2.75, 3.05) is 6.61 Å². The van der Waals surface area contributed by atoms with Crippen LogP contribution in [0.15, 0.2) is 36.4 Å². The molecule has 2 rings (SSSR count). The largest absolute Gasteiger partial charge is 0.491 e. The van der Waals surface area contributed by atoms with Gasteiger partial charge >= 0.3 is 6.18 Å². The molecule has 134 valence electrons. The molecule has 0 aromatic heterocycles. The normalized spacial score (nSPS) is 26.0. The van der Waals surface area contributed by atoms with Crippen LogP contribution in [0.4, 0.5) is 13.2 Å². The topological polar surface area (TPSA) is 49.7 Å². The second-order valence-corrected chi connectivity index (χ2v) is 6.18. The van der Waals surface area contributed by atoms with Crippen LogP contribution in [0.5, 0.6) is 5.75 Å². The number of aliphatic hydroxyl groups excluding tert-OH is 2. The van der Waals surface area contributed by atoms with Crippen LogP contribution >= 0.6 is 0 Å². The van der Waals surface area contributed by atoms with E-state index < -0.39 is 23.9 Å². The fourth-order valence-corrected chi connectivity index (χ4v) is 3.10. The molecule has 0 radical (unpaired) electrons. The van der Waals surface area contributed by atoms with E-state index in [-0.39, 0.29) is 18.3 Å². The van der Waals surface area contributed by atoms with Crippen LogP contribution in [0, 0.1) is 11.8 Å². The van der Waals surface area contributed by atoms with Gasteiger partial charge in [0.1, 0.15) is 18.5 Å². The maximum atomic E-state index is 12.6. The summed E-state index contributed by atoms with van der Waals surface area (Å²) < 4.78 is 43.1. The zero-order valence-electron chi connectivity index (χ0n) is 13.5. The third kappa shape index (κ3) is 4.98. The van der Waals surface area contributed by atoms with Gasteiger partial charge in [0.2, 0.25) is 0 Å². The number of halogens is 3. The van der Waals surface area contributed by atoms with E-state index in [0.717, 1.165) is 31.4 Å². The third-order valence-corrected chi connectivity index (χ3v) is 4.48. The van der Waals surface area contributed by atoms with E-state index in [1.165, 1.54) is 12.1 Å². The van der Waals surface area contributed by atoms with Crippen LogP contribution in [0.25, 0.3) is 0 Å². The summed E-state index contributed by atoms with van der Waals surface area (Å²) in [5.74, 6) is 0.468. The SMILES string of the molecule is CC[C@H]1CC[C@@H](O)[C@@H]1/C=C/[C@@H](O)COc1cccc(C(F)(F)F)c1. The lowest BCUT2D eigenvalue weighted by Crippen LogP contribution is -2.19. The van der Waals surface area contributed by atoms with E-state index in [1.807, 2.05) is 0 Å². The molecule has 1 aliphatic rings. The van der Waals surface area contributed by atoms with Crippen LogP contribution in [0.1, 0.15) is 31.7 Å². The second-order valence-electron chi connectivity index (χ2n) is 6.18. The Balaban J connectivity index is 1.89. The Hall–Kier alpha value is -1.53. The van der Waals surface area contributed by atoms with E-state index in [0.29, 0.717) is 5.92 Å². The van der Waals surface area contributed by atoms with Gasteiger partial charge in [0.25, 0.3) is 0 Å². The molecule has 4 atom stereocenters. The summed E-state index contributed by atoms with van der Waals surface area (Å²) in [6, 6.07) is 4.56. The lowest BCUT2D eigenvalue weighted by atomic mass is 9.92. The Morgan fingerprint density at radius 3 is 2.75 bits per heavy atom. The van der Waals surface area contributed by atoms with Crippen molar-refractivity contribution >= 4 is 0 Å². The average molecular weight is 344 g/mol. The monoisotopic (exact) mass is 344 g/mol. The predicted octanol–water partition coefficient (Wildman–Crippen LogP) is 3.80. The molecule has 1 aromatic carbocycles. The molecule has 0 spiro atoms. The first-order chi connectivity index (χ1) is 11.3. The highest BCUT2D eigenvalue weighted by Gasteiger charge is 2.32. The van der Waals surface area contributed by atoms with Crippen LogP contribution in [-0.2, 0) is 6.18 Å². The standard InChI is InChI=1S/C18H23F3O3/c1-2-12-6-9-17(23)16(12)8-7-14(22)11-24-15-5-3-4-13(10-15)18(19,20)21/h3-5,7-8,10,12,14,16-17,22-23H,2,6,9,11H2,1H3/b8-7+/t12-,14+,16+,17+/m0/s1. The highest BCUT2D eigenvalue weighted by Crippen LogP contribution is 2.35. The van der Waals surface area contributed by atoms with Crippen molar-refractivity contribution in [3.05, 3.63) is 42.0 Å². The van der Waals surface area contributed by atoms with Crippen LogP contribution in [0.2, 0.25) is 0 Å². The minimum absolute atomic E-state index is 0.0122. The third-order valence-electron chi connectivity index (χ3n) is 4.48. The second kappa shape index (κ2) is 8.03. The molecule has 6 heteroatoms. The number of ether oxygens (including phenoxy) is 1. The highest BCUT2D eigenvalue weighted by molar-refractivity contribution is 5.30. The summed E-state index contributed by atoms with van der Waals surface area (Å²) in [4.78, 5) is 0. The summed E-state index contributed by atoms with van der Waals surface area (Å²) in [7, 11) is 0. The molecule has 0 bridgehead atoms. The van der Waals surface area contributed by atoms with Gasteiger partial charge in [0.05, 0.1) is 11.7 Å². The first kappa shape index (κ1) is 18.8. The van der Waals surface area contributed by atoms with E-state index >= 15 is 0 Å². The number of benzene rings is 1. The minimum Gasteiger partial charge on any atom is -0.491 e. The molecule has 1 fully saturated rings.